The number of anilines is 1. The van der Waals surface area contributed by atoms with Crippen LogP contribution in [0.2, 0.25) is 0 Å². The molecule has 0 fully saturated rings. The van der Waals surface area contributed by atoms with Crippen molar-refractivity contribution in [3.63, 3.8) is 0 Å². The van der Waals surface area contributed by atoms with Crippen LogP contribution in [0, 0.1) is 0 Å². The molecule has 0 radical (unpaired) electrons. The average Bonchev–Trinajstić information content (AvgIpc) is 2.61. The minimum absolute atomic E-state index is 0.0391. The van der Waals surface area contributed by atoms with E-state index in [-0.39, 0.29) is 5.91 Å². The van der Waals surface area contributed by atoms with Gasteiger partial charge in [0, 0.05) is 12.2 Å². The summed E-state index contributed by atoms with van der Waals surface area (Å²) < 4.78 is 5.67. The molecular weight excluding hydrogens is 312 g/mol. The summed E-state index contributed by atoms with van der Waals surface area (Å²) in [7, 11) is 0. The Morgan fingerprint density at radius 3 is 2.48 bits per heavy atom. The van der Waals surface area contributed by atoms with E-state index in [9.17, 15) is 4.79 Å². The molecule has 4 nitrogen and oxygen atoms in total. The van der Waals surface area contributed by atoms with Crippen LogP contribution in [-0.2, 0) is 11.3 Å². The summed E-state index contributed by atoms with van der Waals surface area (Å²) in [5.41, 5.74) is 3.22. The summed E-state index contributed by atoms with van der Waals surface area (Å²) in [5.74, 6) is 1.26. The molecule has 0 atom stereocenters. The Hall–Kier alpha value is -2.33. The Morgan fingerprint density at radius 2 is 1.80 bits per heavy atom. The third-order valence-corrected chi connectivity index (χ3v) is 4.00. The molecule has 0 bridgehead atoms. The van der Waals surface area contributed by atoms with Gasteiger partial charge in [-0.3, -0.25) is 4.79 Å². The van der Waals surface area contributed by atoms with Gasteiger partial charge in [-0.05, 0) is 41.8 Å². The lowest BCUT2D eigenvalue weighted by Crippen LogP contribution is -2.18. The van der Waals surface area contributed by atoms with Gasteiger partial charge in [-0.2, -0.15) is 0 Å². The van der Waals surface area contributed by atoms with Gasteiger partial charge < -0.3 is 15.4 Å². The third kappa shape index (κ3) is 6.24. The number of para-hydroxylation sites is 1. The molecule has 0 saturated carbocycles. The van der Waals surface area contributed by atoms with Crippen molar-refractivity contribution < 1.29 is 9.53 Å². The lowest BCUT2D eigenvalue weighted by Gasteiger charge is -2.12. The van der Waals surface area contributed by atoms with Gasteiger partial charge in [0.1, 0.15) is 5.75 Å². The summed E-state index contributed by atoms with van der Waals surface area (Å²) in [4.78, 5) is 12.2. The van der Waals surface area contributed by atoms with Crippen LogP contribution in [0.15, 0.2) is 48.5 Å². The summed E-state index contributed by atoms with van der Waals surface area (Å²) in [6.07, 6.45) is 0.321. The zero-order valence-corrected chi connectivity index (χ0v) is 15.3. The molecule has 25 heavy (non-hydrogen) atoms. The maximum absolute atomic E-state index is 12.2. The predicted molar refractivity (Wildman–Crippen MR) is 103 cm³/mol. The molecule has 2 rings (SSSR count). The Morgan fingerprint density at radius 1 is 1.08 bits per heavy atom. The fourth-order valence-electron chi connectivity index (χ4n) is 2.48. The van der Waals surface area contributed by atoms with Gasteiger partial charge in [0.05, 0.1) is 13.0 Å². The van der Waals surface area contributed by atoms with Gasteiger partial charge in [-0.15, -0.1) is 0 Å². The number of carbonyl (C=O) groups excluding carboxylic acids is 1. The molecule has 1 amide bonds. The first-order valence-electron chi connectivity index (χ1n) is 8.91. The first-order chi connectivity index (χ1) is 12.1. The van der Waals surface area contributed by atoms with Gasteiger partial charge in [-0.25, -0.2) is 0 Å². The molecule has 0 aliphatic rings. The number of carbonyl (C=O) groups is 1. The number of benzene rings is 2. The Balaban J connectivity index is 1.81. The van der Waals surface area contributed by atoms with E-state index in [1.54, 1.807) is 0 Å². The zero-order valence-electron chi connectivity index (χ0n) is 15.3. The van der Waals surface area contributed by atoms with Crippen molar-refractivity contribution in [3.05, 3.63) is 59.7 Å². The van der Waals surface area contributed by atoms with Gasteiger partial charge in [0.15, 0.2) is 0 Å². The van der Waals surface area contributed by atoms with Gasteiger partial charge in [0.25, 0.3) is 0 Å². The van der Waals surface area contributed by atoms with Crippen molar-refractivity contribution in [1.29, 1.82) is 0 Å². The number of hydrogen-bond acceptors (Lipinski definition) is 3. The fraction of sp³-hybridized carbons (Fsp3) is 0.381. The Bertz CT molecular complexity index is 666. The summed E-state index contributed by atoms with van der Waals surface area (Å²) in [5, 5.41) is 6.25. The van der Waals surface area contributed by atoms with Crippen LogP contribution in [-0.4, -0.2) is 19.1 Å². The normalized spacial score (nSPS) is 10.7. The molecule has 0 aliphatic heterocycles. The number of amides is 1. The Labute approximate surface area is 150 Å². The minimum Gasteiger partial charge on any atom is -0.493 e. The lowest BCUT2D eigenvalue weighted by molar-refractivity contribution is -0.116. The number of nitrogens with one attached hydrogen (secondary N) is 2. The molecule has 0 spiro atoms. The SMILES string of the molecule is CCNCc1ccccc1NC(=O)CCOc1ccc(C(C)C)cc1. The van der Waals surface area contributed by atoms with Crippen molar-refractivity contribution in [2.75, 3.05) is 18.5 Å². The summed E-state index contributed by atoms with van der Waals surface area (Å²) in [6, 6.07) is 15.9. The van der Waals surface area contributed by atoms with E-state index in [1.165, 1.54) is 5.56 Å². The highest BCUT2D eigenvalue weighted by atomic mass is 16.5. The summed E-state index contributed by atoms with van der Waals surface area (Å²) >= 11 is 0. The van der Waals surface area contributed by atoms with Crippen LogP contribution in [0.5, 0.6) is 5.75 Å². The summed E-state index contributed by atoms with van der Waals surface area (Å²) in [6.45, 7) is 8.38. The van der Waals surface area contributed by atoms with Crippen LogP contribution in [0.1, 0.15) is 44.2 Å². The van der Waals surface area contributed by atoms with Crippen molar-refractivity contribution in [3.8, 4) is 5.75 Å². The maximum atomic E-state index is 12.2. The van der Waals surface area contributed by atoms with Gasteiger partial charge in [0.2, 0.25) is 5.91 Å². The Kier molecular flexibility index (Phi) is 7.48. The largest absolute Gasteiger partial charge is 0.493 e. The highest BCUT2D eigenvalue weighted by molar-refractivity contribution is 5.91. The second kappa shape index (κ2) is 9.84. The van der Waals surface area contributed by atoms with E-state index in [0.29, 0.717) is 18.9 Å². The minimum atomic E-state index is -0.0391. The highest BCUT2D eigenvalue weighted by Gasteiger charge is 2.07. The molecule has 0 aromatic heterocycles. The standard InChI is InChI=1S/C21H28N2O2/c1-4-22-15-18-7-5-6-8-20(18)23-21(24)13-14-25-19-11-9-17(10-12-19)16(2)3/h5-12,16,22H,4,13-15H2,1-3H3,(H,23,24). The van der Waals surface area contributed by atoms with Crippen molar-refractivity contribution in [2.24, 2.45) is 0 Å². The lowest BCUT2D eigenvalue weighted by atomic mass is 10.0. The zero-order chi connectivity index (χ0) is 18.1. The molecule has 0 aliphatic carbocycles. The van der Waals surface area contributed by atoms with E-state index in [1.807, 2.05) is 36.4 Å². The van der Waals surface area contributed by atoms with Crippen LogP contribution >= 0.6 is 0 Å². The number of hydrogen-bond donors (Lipinski definition) is 2. The van der Waals surface area contributed by atoms with Gasteiger partial charge in [-0.1, -0.05) is 51.1 Å². The smallest absolute Gasteiger partial charge is 0.227 e. The van der Waals surface area contributed by atoms with E-state index >= 15 is 0 Å². The average molecular weight is 340 g/mol. The highest BCUT2D eigenvalue weighted by Crippen LogP contribution is 2.19. The molecule has 0 saturated heterocycles. The first kappa shape index (κ1) is 19.0. The maximum Gasteiger partial charge on any atom is 0.227 e. The molecule has 134 valence electrons. The molecular formula is C21H28N2O2. The van der Waals surface area contributed by atoms with E-state index in [0.717, 1.165) is 30.1 Å². The second-order valence-electron chi connectivity index (χ2n) is 6.31. The van der Waals surface area contributed by atoms with E-state index in [2.05, 4.69) is 43.5 Å². The van der Waals surface area contributed by atoms with Crippen molar-refractivity contribution in [2.45, 2.75) is 39.7 Å². The molecule has 2 N–H and O–H groups in total. The molecule has 2 aromatic carbocycles. The van der Waals surface area contributed by atoms with Crippen molar-refractivity contribution in [1.82, 2.24) is 5.32 Å². The monoisotopic (exact) mass is 340 g/mol. The third-order valence-electron chi connectivity index (χ3n) is 4.00. The number of rotatable bonds is 9. The topological polar surface area (TPSA) is 50.4 Å². The predicted octanol–water partition coefficient (Wildman–Crippen LogP) is 4.33. The van der Waals surface area contributed by atoms with Crippen LogP contribution in [0.3, 0.4) is 0 Å². The molecule has 0 unspecified atom stereocenters. The quantitative estimate of drug-likeness (QED) is 0.714. The number of ether oxygens (including phenoxy) is 1. The van der Waals surface area contributed by atoms with E-state index < -0.39 is 0 Å². The van der Waals surface area contributed by atoms with E-state index in [4.69, 9.17) is 4.74 Å². The van der Waals surface area contributed by atoms with Gasteiger partial charge >= 0.3 is 0 Å². The molecule has 4 heteroatoms. The second-order valence-corrected chi connectivity index (χ2v) is 6.31. The van der Waals surface area contributed by atoms with Crippen molar-refractivity contribution >= 4 is 11.6 Å². The van der Waals surface area contributed by atoms with Crippen LogP contribution in [0.25, 0.3) is 0 Å². The fourth-order valence-corrected chi connectivity index (χ4v) is 2.48. The van der Waals surface area contributed by atoms with Crippen LogP contribution < -0.4 is 15.4 Å². The molecule has 0 heterocycles. The molecule has 2 aromatic rings. The first-order valence-corrected chi connectivity index (χ1v) is 8.91. The van der Waals surface area contributed by atoms with Crippen LogP contribution in [0.4, 0.5) is 5.69 Å².